The third kappa shape index (κ3) is 10.1. The number of hydrogen-bond acceptors (Lipinski definition) is 7. The van der Waals surface area contributed by atoms with E-state index in [4.69, 9.17) is 14.2 Å². The van der Waals surface area contributed by atoms with Gasteiger partial charge in [-0.05, 0) is 46.6 Å². The number of carbonyl (C=O) groups excluding carboxylic acids is 2. The number of esters is 2. The van der Waals surface area contributed by atoms with Gasteiger partial charge in [0.05, 0.1) is 18.8 Å². The van der Waals surface area contributed by atoms with Crippen molar-refractivity contribution >= 4 is 11.9 Å². The fourth-order valence-corrected chi connectivity index (χ4v) is 2.19. The molecule has 0 rings (SSSR count). The molecular formula is C18H31NO7. The minimum atomic E-state index is -1.17. The Morgan fingerprint density at radius 2 is 1.73 bits per heavy atom. The Morgan fingerprint density at radius 3 is 2.15 bits per heavy atom. The van der Waals surface area contributed by atoms with E-state index in [0.29, 0.717) is 12.8 Å². The molecule has 0 bridgehead atoms. The van der Waals surface area contributed by atoms with Crippen LogP contribution in [0.15, 0.2) is 12.2 Å². The molecule has 0 saturated carbocycles. The summed E-state index contributed by atoms with van der Waals surface area (Å²) in [6, 6.07) is 0. The Balaban J connectivity index is 5.62. The minimum Gasteiger partial charge on any atom is -0.463 e. The predicted molar refractivity (Wildman–Crippen MR) is 96.2 cm³/mol. The first kappa shape index (κ1) is 24.0. The third-order valence-corrected chi connectivity index (χ3v) is 3.42. The summed E-state index contributed by atoms with van der Waals surface area (Å²) in [5.74, 6) is -2.51. The number of nitro groups is 1. The van der Waals surface area contributed by atoms with Gasteiger partial charge < -0.3 is 14.2 Å². The molecule has 0 fully saturated rings. The summed E-state index contributed by atoms with van der Waals surface area (Å²) < 4.78 is 16.0. The quantitative estimate of drug-likeness (QED) is 0.237. The van der Waals surface area contributed by atoms with Gasteiger partial charge in [0.25, 0.3) is 0 Å². The highest BCUT2D eigenvalue weighted by Gasteiger charge is 2.37. The second-order valence-corrected chi connectivity index (χ2v) is 6.81. The molecule has 2 atom stereocenters. The Bertz CT molecular complexity index is 492. The summed E-state index contributed by atoms with van der Waals surface area (Å²) in [5, 5.41) is 11.1. The second kappa shape index (κ2) is 11.6. The van der Waals surface area contributed by atoms with Crippen LogP contribution >= 0.6 is 0 Å². The molecule has 0 unspecified atom stereocenters. The largest absolute Gasteiger partial charge is 0.463 e. The molecule has 0 aliphatic carbocycles. The summed E-state index contributed by atoms with van der Waals surface area (Å²) >= 11 is 0. The minimum absolute atomic E-state index is 0.200. The molecule has 0 spiro atoms. The van der Waals surface area contributed by atoms with Crippen LogP contribution < -0.4 is 0 Å². The van der Waals surface area contributed by atoms with E-state index >= 15 is 0 Å². The number of nitrogens with zero attached hydrogens (tertiary/aromatic N) is 1. The topological polar surface area (TPSA) is 105 Å². The van der Waals surface area contributed by atoms with Crippen molar-refractivity contribution in [3.63, 3.8) is 0 Å². The van der Waals surface area contributed by atoms with Gasteiger partial charge in [-0.2, -0.15) is 0 Å². The molecule has 0 amide bonds. The molecule has 0 aliphatic rings. The van der Waals surface area contributed by atoms with E-state index < -0.39 is 41.0 Å². The van der Waals surface area contributed by atoms with E-state index in [1.165, 1.54) is 6.08 Å². The van der Waals surface area contributed by atoms with Gasteiger partial charge in [-0.1, -0.05) is 13.8 Å². The van der Waals surface area contributed by atoms with Crippen LogP contribution in [0.5, 0.6) is 0 Å². The van der Waals surface area contributed by atoms with Crippen molar-refractivity contribution in [3.8, 4) is 0 Å². The Labute approximate surface area is 155 Å². The molecule has 8 nitrogen and oxygen atoms in total. The van der Waals surface area contributed by atoms with E-state index in [9.17, 15) is 19.7 Å². The van der Waals surface area contributed by atoms with Crippen LogP contribution in [0.4, 0.5) is 0 Å². The highest BCUT2D eigenvalue weighted by molar-refractivity contribution is 5.82. The Kier molecular flexibility index (Phi) is 10.7. The maximum Gasteiger partial charge on any atom is 0.330 e. The maximum absolute atomic E-state index is 12.5. The van der Waals surface area contributed by atoms with E-state index in [1.54, 1.807) is 27.7 Å². The van der Waals surface area contributed by atoms with Gasteiger partial charge in [-0.3, -0.25) is 14.9 Å². The van der Waals surface area contributed by atoms with Crippen LogP contribution in [-0.2, 0) is 23.8 Å². The number of hydrogen-bond donors (Lipinski definition) is 0. The summed E-state index contributed by atoms with van der Waals surface area (Å²) in [6.07, 6.45) is 2.63. The first-order chi connectivity index (χ1) is 12.0. The highest BCUT2D eigenvalue weighted by atomic mass is 16.6. The van der Waals surface area contributed by atoms with Crippen molar-refractivity contribution in [3.05, 3.63) is 22.3 Å². The van der Waals surface area contributed by atoms with Crippen molar-refractivity contribution < 1.29 is 28.7 Å². The SMILES string of the molecule is CCOC(=O)/C=C/[C@@H](OC(CC)CC)[C@@H](C[N+](=O)[O-])C(=O)OC(C)(C)C. The van der Waals surface area contributed by atoms with Crippen LogP contribution in [0.2, 0.25) is 0 Å². The molecular weight excluding hydrogens is 342 g/mol. The second-order valence-electron chi connectivity index (χ2n) is 6.81. The molecule has 8 heteroatoms. The van der Waals surface area contributed by atoms with Crippen LogP contribution in [0.1, 0.15) is 54.4 Å². The lowest BCUT2D eigenvalue weighted by molar-refractivity contribution is -0.488. The van der Waals surface area contributed by atoms with Gasteiger partial charge in [0, 0.05) is 11.0 Å². The average Bonchev–Trinajstić information content (AvgIpc) is 2.51. The molecule has 0 N–H and O–H groups in total. The van der Waals surface area contributed by atoms with E-state index in [2.05, 4.69) is 0 Å². The van der Waals surface area contributed by atoms with Crippen molar-refractivity contribution in [2.75, 3.05) is 13.2 Å². The fourth-order valence-electron chi connectivity index (χ4n) is 2.19. The van der Waals surface area contributed by atoms with Crippen molar-refractivity contribution in [2.24, 2.45) is 5.92 Å². The van der Waals surface area contributed by atoms with Crippen LogP contribution in [0, 0.1) is 16.0 Å². The molecule has 150 valence electrons. The van der Waals surface area contributed by atoms with Crippen LogP contribution in [0.3, 0.4) is 0 Å². The van der Waals surface area contributed by atoms with Gasteiger partial charge in [0.1, 0.15) is 5.60 Å². The average molecular weight is 373 g/mol. The summed E-state index contributed by atoms with van der Waals surface area (Å²) in [6.45, 7) is 10.1. The lowest BCUT2D eigenvalue weighted by Crippen LogP contribution is -2.40. The summed E-state index contributed by atoms with van der Waals surface area (Å²) in [4.78, 5) is 34.6. The van der Waals surface area contributed by atoms with E-state index in [0.717, 1.165) is 6.08 Å². The normalized spacial score (nSPS) is 14.3. The van der Waals surface area contributed by atoms with Gasteiger partial charge in [-0.15, -0.1) is 0 Å². The fraction of sp³-hybridized carbons (Fsp3) is 0.778. The molecule has 0 saturated heterocycles. The molecule has 0 aliphatic heterocycles. The highest BCUT2D eigenvalue weighted by Crippen LogP contribution is 2.20. The van der Waals surface area contributed by atoms with Crippen LogP contribution in [-0.4, -0.2) is 47.8 Å². The standard InChI is InChI=1S/C18H31NO7/c1-7-13(8-2)25-15(10-11-16(20)24-9-3)14(12-19(22)23)17(21)26-18(4,5)6/h10-11,13-15H,7-9,12H2,1-6H3/b11-10+/t14-,15-/m1/s1. The monoisotopic (exact) mass is 373 g/mol. The first-order valence-electron chi connectivity index (χ1n) is 8.89. The van der Waals surface area contributed by atoms with Crippen molar-refractivity contribution in [2.45, 2.75) is 72.2 Å². The van der Waals surface area contributed by atoms with E-state index in [-0.39, 0.29) is 12.7 Å². The molecule has 0 heterocycles. The first-order valence-corrected chi connectivity index (χ1v) is 8.89. The molecule has 0 aromatic rings. The Hall–Kier alpha value is -1.96. The zero-order chi connectivity index (χ0) is 20.3. The zero-order valence-corrected chi connectivity index (χ0v) is 16.5. The number of rotatable bonds is 11. The van der Waals surface area contributed by atoms with Crippen molar-refractivity contribution in [1.29, 1.82) is 0 Å². The summed E-state index contributed by atoms with van der Waals surface area (Å²) in [5.41, 5.74) is -0.795. The Morgan fingerprint density at radius 1 is 1.15 bits per heavy atom. The summed E-state index contributed by atoms with van der Waals surface area (Å²) in [7, 11) is 0. The maximum atomic E-state index is 12.5. The van der Waals surface area contributed by atoms with Gasteiger partial charge in [0.15, 0.2) is 5.92 Å². The molecule has 26 heavy (non-hydrogen) atoms. The number of ether oxygens (including phenoxy) is 3. The molecule has 0 radical (unpaired) electrons. The lowest BCUT2D eigenvalue weighted by atomic mass is 10.0. The predicted octanol–water partition coefficient (Wildman–Crippen LogP) is 2.91. The van der Waals surface area contributed by atoms with Gasteiger partial charge >= 0.3 is 11.9 Å². The zero-order valence-electron chi connectivity index (χ0n) is 16.5. The lowest BCUT2D eigenvalue weighted by Gasteiger charge is -2.28. The number of carbonyl (C=O) groups is 2. The van der Waals surface area contributed by atoms with Crippen LogP contribution in [0.25, 0.3) is 0 Å². The smallest absolute Gasteiger partial charge is 0.330 e. The molecule has 0 aromatic heterocycles. The van der Waals surface area contributed by atoms with Gasteiger partial charge in [0.2, 0.25) is 6.54 Å². The van der Waals surface area contributed by atoms with Crippen molar-refractivity contribution in [1.82, 2.24) is 0 Å². The van der Waals surface area contributed by atoms with E-state index in [1.807, 2.05) is 13.8 Å². The van der Waals surface area contributed by atoms with Gasteiger partial charge in [-0.25, -0.2) is 4.79 Å². The molecule has 0 aromatic carbocycles. The third-order valence-electron chi connectivity index (χ3n) is 3.42.